The van der Waals surface area contributed by atoms with Crippen LogP contribution in [-0.2, 0) is 0 Å². The minimum atomic E-state index is -0.849. The zero-order valence-electron chi connectivity index (χ0n) is 8.72. The fourth-order valence-electron chi connectivity index (χ4n) is 1.46. The number of pyridine rings is 1. The number of hydrogen-bond donors (Lipinski definition) is 2. The number of aliphatic hydroxyl groups is 1. The minimum absolute atomic E-state index is 0.0841. The highest BCUT2D eigenvalue weighted by Crippen LogP contribution is 2.25. The maximum atomic E-state index is 9.62. The minimum Gasteiger partial charge on any atom is -0.495 e. The molecule has 0 bridgehead atoms. The fraction of sp³-hybridized carbons (Fsp3) is 0.300. The lowest BCUT2D eigenvalue weighted by Crippen LogP contribution is -2.12. The molecule has 5 nitrogen and oxygen atoms in total. The summed E-state index contributed by atoms with van der Waals surface area (Å²) in [4.78, 5) is 4.20. The van der Waals surface area contributed by atoms with Crippen LogP contribution < -0.4 is 10.5 Å². The van der Waals surface area contributed by atoms with Gasteiger partial charge in [-0.25, -0.2) is 4.98 Å². The van der Waals surface area contributed by atoms with Crippen molar-refractivity contribution < 1.29 is 9.84 Å². The molecule has 0 radical (unpaired) electrons. The van der Waals surface area contributed by atoms with Crippen molar-refractivity contribution in [1.82, 2.24) is 9.38 Å². The van der Waals surface area contributed by atoms with E-state index in [1.807, 2.05) is 0 Å². The standard InChI is InChI=1S/C10H12ClN3O2/c1-16-6-2-3-8-13-9(7(15)4-12)10(11)14(8)5-6/h2-3,5,7,15H,4,12H2,1H3. The van der Waals surface area contributed by atoms with Crippen molar-refractivity contribution in [3.05, 3.63) is 29.2 Å². The lowest BCUT2D eigenvalue weighted by Gasteiger charge is -2.03. The number of methoxy groups -OCH3 is 1. The van der Waals surface area contributed by atoms with E-state index in [1.54, 1.807) is 29.8 Å². The zero-order valence-corrected chi connectivity index (χ0v) is 9.48. The molecule has 2 heterocycles. The first-order chi connectivity index (χ1) is 7.67. The molecule has 0 spiro atoms. The van der Waals surface area contributed by atoms with Gasteiger partial charge < -0.3 is 15.6 Å². The highest BCUT2D eigenvalue weighted by molar-refractivity contribution is 6.30. The molecular weight excluding hydrogens is 230 g/mol. The van der Waals surface area contributed by atoms with Crippen molar-refractivity contribution in [3.63, 3.8) is 0 Å². The second-order valence-corrected chi connectivity index (χ2v) is 3.69. The molecule has 0 amide bonds. The second-order valence-electron chi connectivity index (χ2n) is 3.34. The Morgan fingerprint density at radius 3 is 3.00 bits per heavy atom. The van der Waals surface area contributed by atoms with Gasteiger partial charge in [-0.3, -0.25) is 4.40 Å². The lowest BCUT2D eigenvalue weighted by atomic mass is 10.3. The maximum Gasteiger partial charge on any atom is 0.139 e. The van der Waals surface area contributed by atoms with Crippen molar-refractivity contribution in [2.24, 2.45) is 5.73 Å². The topological polar surface area (TPSA) is 72.8 Å². The molecule has 2 rings (SSSR count). The van der Waals surface area contributed by atoms with Gasteiger partial charge in [-0.2, -0.15) is 0 Å². The smallest absolute Gasteiger partial charge is 0.139 e. The van der Waals surface area contributed by atoms with Gasteiger partial charge in [-0.05, 0) is 12.1 Å². The normalized spacial score (nSPS) is 13.0. The van der Waals surface area contributed by atoms with Gasteiger partial charge in [0.2, 0.25) is 0 Å². The van der Waals surface area contributed by atoms with E-state index in [9.17, 15) is 5.11 Å². The van der Waals surface area contributed by atoms with Gasteiger partial charge in [-0.15, -0.1) is 0 Å². The number of aliphatic hydroxyl groups excluding tert-OH is 1. The van der Waals surface area contributed by atoms with Crippen molar-refractivity contribution >= 4 is 17.2 Å². The average molecular weight is 242 g/mol. The largest absolute Gasteiger partial charge is 0.495 e. The number of aromatic nitrogens is 2. The van der Waals surface area contributed by atoms with Crippen LogP contribution >= 0.6 is 11.6 Å². The van der Waals surface area contributed by atoms with Crippen LogP contribution in [0, 0.1) is 0 Å². The van der Waals surface area contributed by atoms with Crippen LogP contribution in [-0.4, -0.2) is 28.1 Å². The molecule has 86 valence electrons. The molecule has 0 saturated heterocycles. The third-order valence-corrected chi connectivity index (χ3v) is 2.71. The Hall–Kier alpha value is -1.30. The van der Waals surface area contributed by atoms with Crippen LogP contribution in [0.4, 0.5) is 0 Å². The summed E-state index contributed by atoms with van der Waals surface area (Å²) in [6, 6.07) is 3.54. The van der Waals surface area contributed by atoms with Crippen LogP contribution in [0.5, 0.6) is 5.75 Å². The Balaban J connectivity index is 2.59. The first kappa shape index (κ1) is 11.2. The van der Waals surface area contributed by atoms with Gasteiger partial charge in [0.25, 0.3) is 0 Å². The summed E-state index contributed by atoms with van der Waals surface area (Å²) in [6.07, 6.45) is 0.857. The van der Waals surface area contributed by atoms with Crippen molar-refractivity contribution in [2.45, 2.75) is 6.10 Å². The number of ether oxygens (including phenoxy) is 1. The molecule has 0 aliphatic carbocycles. The first-order valence-electron chi connectivity index (χ1n) is 4.77. The molecule has 0 fully saturated rings. The van der Waals surface area contributed by atoms with E-state index in [4.69, 9.17) is 22.1 Å². The van der Waals surface area contributed by atoms with Crippen molar-refractivity contribution in [3.8, 4) is 5.75 Å². The highest BCUT2D eigenvalue weighted by Gasteiger charge is 2.16. The summed E-state index contributed by atoms with van der Waals surface area (Å²) in [7, 11) is 1.57. The molecule has 6 heteroatoms. The predicted octanol–water partition coefficient (Wildman–Crippen LogP) is 0.988. The lowest BCUT2D eigenvalue weighted by molar-refractivity contribution is 0.182. The van der Waals surface area contributed by atoms with Gasteiger partial charge in [0.05, 0.1) is 13.3 Å². The van der Waals surface area contributed by atoms with Crippen molar-refractivity contribution in [1.29, 1.82) is 0 Å². The number of imidazole rings is 1. The second kappa shape index (κ2) is 4.29. The van der Waals surface area contributed by atoms with Crippen LogP contribution in [0.2, 0.25) is 5.15 Å². The van der Waals surface area contributed by atoms with E-state index in [2.05, 4.69) is 4.98 Å². The van der Waals surface area contributed by atoms with E-state index in [-0.39, 0.29) is 6.54 Å². The van der Waals surface area contributed by atoms with Gasteiger partial charge >= 0.3 is 0 Å². The number of halogens is 1. The van der Waals surface area contributed by atoms with Gasteiger partial charge in [-0.1, -0.05) is 11.6 Å². The Bertz CT molecular complexity index is 512. The Morgan fingerprint density at radius 2 is 2.38 bits per heavy atom. The highest BCUT2D eigenvalue weighted by atomic mass is 35.5. The molecule has 1 atom stereocenters. The molecule has 0 saturated carbocycles. The summed E-state index contributed by atoms with van der Waals surface area (Å²) >= 11 is 6.09. The summed E-state index contributed by atoms with van der Waals surface area (Å²) in [5.41, 5.74) is 6.40. The van der Waals surface area contributed by atoms with Crippen LogP contribution in [0.15, 0.2) is 18.3 Å². The molecule has 0 aromatic carbocycles. The number of hydrogen-bond acceptors (Lipinski definition) is 4. The SMILES string of the molecule is COc1ccc2nc(C(O)CN)c(Cl)n2c1. The number of rotatable bonds is 3. The molecule has 0 aliphatic heterocycles. The number of nitrogens with two attached hydrogens (primary N) is 1. The third-order valence-electron chi connectivity index (χ3n) is 2.33. The summed E-state index contributed by atoms with van der Waals surface area (Å²) in [5.74, 6) is 0.667. The molecule has 0 aliphatic rings. The Morgan fingerprint density at radius 1 is 1.62 bits per heavy atom. The predicted molar refractivity (Wildman–Crippen MR) is 60.8 cm³/mol. The Kier molecular flexibility index (Phi) is 3.00. The van der Waals surface area contributed by atoms with Crippen LogP contribution in [0.25, 0.3) is 5.65 Å². The molecule has 2 aromatic rings. The number of nitrogens with zero attached hydrogens (tertiary/aromatic N) is 2. The fourth-order valence-corrected chi connectivity index (χ4v) is 1.76. The van der Waals surface area contributed by atoms with Gasteiger partial charge in [0, 0.05) is 6.54 Å². The maximum absolute atomic E-state index is 9.62. The molecule has 2 aromatic heterocycles. The van der Waals surface area contributed by atoms with E-state index < -0.39 is 6.10 Å². The summed E-state index contributed by atoms with van der Waals surface area (Å²) in [5, 5.41) is 9.97. The van der Waals surface area contributed by atoms with Crippen molar-refractivity contribution in [2.75, 3.05) is 13.7 Å². The van der Waals surface area contributed by atoms with Crippen LogP contribution in [0.3, 0.4) is 0 Å². The Labute approximate surface area is 97.4 Å². The molecule has 3 N–H and O–H groups in total. The third kappa shape index (κ3) is 1.73. The molecule has 16 heavy (non-hydrogen) atoms. The quantitative estimate of drug-likeness (QED) is 0.841. The summed E-state index contributed by atoms with van der Waals surface area (Å²) in [6.45, 7) is 0.0841. The van der Waals surface area contributed by atoms with E-state index in [1.165, 1.54) is 0 Å². The first-order valence-corrected chi connectivity index (χ1v) is 5.14. The summed E-state index contributed by atoms with van der Waals surface area (Å²) < 4.78 is 6.73. The molecule has 1 unspecified atom stereocenters. The number of fused-ring (bicyclic) bond motifs is 1. The van der Waals surface area contributed by atoms with Crippen LogP contribution in [0.1, 0.15) is 11.8 Å². The van der Waals surface area contributed by atoms with Gasteiger partial charge in [0.15, 0.2) is 0 Å². The zero-order chi connectivity index (χ0) is 11.7. The molecular formula is C10H12ClN3O2. The average Bonchev–Trinajstić information content (AvgIpc) is 2.65. The van der Waals surface area contributed by atoms with E-state index in [0.29, 0.717) is 22.2 Å². The monoisotopic (exact) mass is 241 g/mol. The van der Waals surface area contributed by atoms with E-state index in [0.717, 1.165) is 0 Å². The van der Waals surface area contributed by atoms with Gasteiger partial charge in [0.1, 0.15) is 28.3 Å². The van der Waals surface area contributed by atoms with E-state index >= 15 is 0 Å².